The van der Waals surface area contributed by atoms with Crippen LogP contribution < -0.4 is 10.1 Å². The third-order valence-electron chi connectivity index (χ3n) is 4.89. The van der Waals surface area contributed by atoms with Gasteiger partial charge in [0.1, 0.15) is 11.3 Å². The first-order valence-corrected chi connectivity index (χ1v) is 11.0. The smallest absolute Gasteiger partial charge is 0.262 e. The number of rotatable bonds is 6. The van der Waals surface area contributed by atoms with Crippen LogP contribution >= 0.6 is 11.3 Å². The van der Waals surface area contributed by atoms with Gasteiger partial charge in [-0.25, -0.2) is 15.0 Å². The van der Waals surface area contributed by atoms with Crippen molar-refractivity contribution in [3.63, 3.8) is 0 Å². The van der Waals surface area contributed by atoms with E-state index in [-0.39, 0.29) is 11.8 Å². The number of anilines is 1. The largest absolute Gasteiger partial charge is 0.438 e. The number of aromatic nitrogens is 4. The number of hydrogen-bond acceptors (Lipinski definition) is 6. The molecule has 0 aliphatic heterocycles. The minimum absolute atomic E-state index is 0.227. The SMILES string of the molecule is Cn1ccnc1-c1sc(NC(=O)c2cccnc2Oc2ccccc2)nc1-c1ccccc1. The normalized spacial score (nSPS) is 10.7. The van der Waals surface area contributed by atoms with E-state index in [0.717, 1.165) is 22.0 Å². The van der Waals surface area contributed by atoms with E-state index < -0.39 is 0 Å². The van der Waals surface area contributed by atoms with Crippen molar-refractivity contribution in [2.75, 3.05) is 5.32 Å². The van der Waals surface area contributed by atoms with Gasteiger partial charge < -0.3 is 9.30 Å². The monoisotopic (exact) mass is 453 g/mol. The number of imidazole rings is 1. The Balaban J connectivity index is 1.48. The fraction of sp³-hybridized carbons (Fsp3) is 0.0400. The number of amides is 1. The standard InChI is InChI=1S/C25H19N5O2S/c1-30-16-15-26-22(30)21-20(17-9-4-2-5-10-17)28-25(33-21)29-23(31)19-13-8-14-27-24(19)32-18-11-6-3-7-12-18/h2-16H,1H3,(H,28,29,31). The Morgan fingerprint density at radius 1 is 0.939 bits per heavy atom. The molecule has 0 fully saturated rings. The molecule has 0 unspecified atom stereocenters. The average Bonchev–Trinajstić information content (AvgIpc) is 3.46. The molecule has 3 heterocycles. The predicted octanol–water partition coefficient (Wildman–Crippen LogP) is 5.65. The minimum atomic E-state index is -0.353. The van der Waals surface area contributed by atoms with Gasteiger partial charge in [-0.15, -0.1) is 0 Å². The number of nitrogens with zero attached hydrogens (tertiary/aromatic N) is 4. The number of carbonyl (C=O) groups is 1. The summed E-state index contributed by atoms with van der Waals surface area (Å²) in [4.78, 5) is 27.5. The Kier molecular flexibility index (Phi) is 5.65. The fourth-order valence-electron chi connectivity index (χ4n) is 3.31. The van der Waals surface area contributed by atoms with E-state index in [9.17, 15) is 4.79 Å². The number of aryl methyl sites for hydroxylation is 1. The van der Waals surface area contributed by atoms with Crippen molar-refractivity contribution >= 4 is 22.4 Å². The van der Waals surface area contributed by atoms with Crippen molar-refractivity contribution in [1.82, 2.24) is 19.5 Å². The Hall–Kier alpha value is -4.30. The highest BCUT2D eigenvalue weighted by atomic mass is 32.1. The van der Waals surface area contributed by atoms with Crippen molar-refractivity contribution in [3.8, 4) is 33.6 Å². The molecule has 7 nitrogen and oxygen atoms in total. The molecule has 5 aromatic rings. The molecule has 1 N–H and O–H groups in total. The van der Waals surface area contributed by atoms with E-state index in [1.165, 1.54) is 11.3 Å². The number of hydrogen-bond donors (Lipinski definition) is 1. The molecule has 0 aliphatic carbocycles. The quantitative estimate of drug-likeness (QED) is 0.359. The summed E-state index contributed by atoms with van der Waals surface area (Å²) in [6.45, 7) is 0. The highest BCUT2D eigenvalue weighted by Crippen LogP contribution is 2.38. The summed E-state index contributed by atoms with van der Waals surface area (Å²) in [6, 6.07) is 22.4. The van der Waals surface area contributed by atoms with Crippen LogP contribution in [0.5, 0.6) is 11.6 Å². The van der Waals surface area contributed by atoms with Crippen LogP contribution in [0.15, 0.2) is 91.4 Å². The van der Waals surface area contributed by atoms with Crippen LogP contribution in [0.1, 0.15) is 10.4 Å². The summed E-state index contributed by atoms with van der Waals surface area (Å²) in [5.41, 5.74) is 2.02. The second-order valence-electron chi connectivity index (χ2n) is 7.15. The molecule has 33 heavy (non-hydrogen) atoms. The molecule has 1 amide bonds. The van der Waals surface area contributed by atoms with Crippen LogP contribution in [0, 0.1) is 0 Å². The maximum absolute atomic E-state index is 13.2. The number of thiazole rings is 1. The minimum Gasteiger partial charge on any atom is -0.438 e. The lowest BCUT2D eigenvalue weighted by Gasteiger charge is -2.09. The molecule has 3 aromatic heterocycles. The molecular weight excluding hydrogens is 434 g/mol. The Morgan fingerprint density at radius 3 is 2.42 bits per heavy atom. The summed E-state index contributed by atoms with van der Waals surface area (Å²) in [5, 5.41) is 3.37. The number of ether oxygens (including phenoxy) is 1. The predicted molar refractivity (Wildman–Crippen MR) is 128 cm³/mol. The lowest BCUT2D eigenvalue weighted by molar-refractivity contribution is 0.102. The van der Waals surface area contributed by atoms with Gasteiger partial charge in [0.2, 0.25) is 5.88 Å². The lowest BCUT2D eigenvalue weighted by atomic mass is 10.1. The third kappa shape index (κ3) is 4.37. The second-order valence-corrected chi connectivity index (χ2v) is 8.15. The average molecular weight is 454 g/mol. The topological polar surface area (TPSA) is 81.9 Å². The van der Waals surface area contributed by atoms with Crippen molar-refractivity contribution in [2.45, 2.75) is 0 Å². The molecule has 0 saturated carbocycles. The number of para-hydroxylation sites is 1. The summed E-state index contributed by atoms with van der Waals surface area (Å²) in [5.74, 6) is 1.25. The summed E-state index contributed by atoms with van der Waals surface area (Å²) >= 11 is 1.37. The van der Waals surface area contributed by atoms with Crippen molar-refractivity contribution in [1.29, 1.82) is 0 Å². The van der Waals surface area contributed by atoms with E-state index in [4.69, 9.17) is 9.72 Å². The van der Waals surface area contributed by atoms with Crippen molar-refractivity contribution < 1.29 is 9.53 Å². The van der Waals surface area contributed by atoms with Crippen LogP contribution in [0.4, 0.5) is 5.13 Å². The van der Waals surface area contributed by atoms with Crippen LogP contribution in [-0.4, -0.2) is 25.4 Å². The zero-order valence-electron chi connectivity index (χ0n) is 17.7. The van der Waals surface area contributed by atoms with Gasteiger partial charge in [0.05, 0.1) is 10.6 Å². The molecule has 0 saturated heterocycles. The zero-order chi connectivity index (χ0) is 22.6. The third-order valence-corrected chi connectivity index (χ3v) is 5.86. The first-order valence-electron chi connectivity index (χ1n) is 10.2. The first-order chi connectivity index (χ1) is 16.2. The lowest BCUT2D eigenvalue weighted by Crippen LogP contribution is -2.13. The number of carbonyl (C=O) groups excluding carboxylic acids is 1. The maximum atomic E-state index is 13.2. The van der Waals surface area contributed by atoms with Crippen molar-refractivity contribution in [2.24, 2.45) is 7.05 Å². The molecule has 0 bridgehead atoms. The van der Waals surface area contributed by atoms with Gasteiger partial charge in [-0.3, -0.25) is 10.1 Å². The number of pyridine rings is 1. The van der Waals surface area contributed by atoms with E-state index in [0.29, 0.717) is 16.4 Å². The molecule has 8 heteroatoms. The molecule has 5 rings (SSSR count). The summed E-state index contributed by atoms with van der Waals surface area (Å²) in [7, 11) is 1.93. The van der Waals surface area contributed by atoms with Gasteiger partial charge in [0, 0.05) is 31.2 Å². The molecule has 0 radical (unpaired) electrons. The highest BCUT2D eigenvalue weighted by Gasteiger charge is 2.21. The van der Waals surface area contributed by atoms with E-state index >= 15 is 0 Å². The van der Waals surface area contributed by atoms with Gasteiger partial charge >= 0.3 is 0 Å². The van der Waals surface area contributed by atoms with Crippen molar-refractivity contribution in [3.05, 3.63) is 97.0 Å². The Labute approximate surface area is 194 Å². The number of benzene rings is 2. The van der Waals surface area contributed by atoms with E-state index in [1.54, 1.807) is 24.5 Å². The van der Waals surface area contributed by atoms with Gasteiger partial charge in [-0.05, 0) is 24.3 Å². The van der Waals surface area contributed by atoms with E-state index in [1.807, 2.05) is 78.5 Å². The van der Waals surface area contributed by atoms with Crippen LogP contribution in [0.3, 0.4) is 0 Å². The zero-order valence-corrected chi connectivity index (χ0v) is 18.5. The summed E-state index contributed by atoms with van der Waals surface area (Å²) in [6.07, 6.45) is 5.21. The summed E-state index contributed by atoms with van der Waals surface area (Å²) < 4.78 is 7.77. The second kappa shape index (κ2) is 9.05. The Morgan fingerprint density at radius 2 is 1.70 bits per heavy atom. The first kappa shape index (κ1) is 20.6. The molecule has 162 valence electrons. The molecule has 0 aliphatic rings. The van der Waals surface area contributed by atoms with Crippen LogP contribution in [-0.2, 0) is 7.05 Å². The van der Waals surface area contributed by atoms with Crippen LogP contribution in [0.2, 0.25) is 0 Å². The fourth-order valence-corrected chi connectivity index (χ4v) is 4.33. The van der Waals surface area contributed by atoms with Gasteiger partial charge in [0.15, 0.2) is 11.0 Å². The van der Waals surface area contributed by atoms with Gasteiger partial charge in [-0.2, -0.15) is 0 Å². The van der Waals surface area contributed by atoms with E-state index in [2.05, 4.69) is 15.3 Å². The maximum Gasteiger partial charge on any atom is 0.262 e. The van der Waals surface area contributed by atoms with Crippen LogP contribution in [0.25, 0.3) is 22.0 Å². The van der Waals surface area contributed by atoms with Gasteiger partial charge in [0.25, 0.3) is 5.91 Å². The molecule has 0 atom stereocenters. The highest BCUT2D eigenvalue weighted by molar-refractivity contribution is 7.19. The molecule has 2 aromatic carbocycles. The molecular formula is C25H19N5O2S. The Bertz CT molecular complexity index is 1400. The molecule has 0 spiro atoms. The number of nitrogens with one attached hydrogen (secondary N) is 1. The van der Waals surface area contributed by atoms with Gasteiger partial charge in [-0.1, -0.05) is 59.9 Å².